The van der Waals surface area contributed by atoms with E-state index in [4.69, 9.17) is 9.63 Å². The zero-order valence-corrected chi connectivity index (χ0v) is 6.79. The van der Waals surface area contributed by atoms with Crippen LogP contribution in [0.3, 0.4) is 0 Å². The molecule has 0 saturated carbocycles. The topological polar surface area (TPSA) is 58.3 Å². The van der Waals surface area contributed by atoms with Gasteiger partial charge in [-0.05, 0) is 19.4 Å². The standard InChI is InChI=1S/C8H12N2O2/c11-5-6-4-8(12-10-6)7-2-1-3-9-7/h4,7,9,11H,1-3,5H2. The van der Waals surface area contributed by atoms with E-state index in [0.717, 1.165) is 18.7 Å². The van der Waals surface area contributed by atoms with Crippen molar-refractivity contribution in [1.82, 2.24) is 10.5 Å². The molecule has 0 radical (unpaired) electrons. The maximum atomic E-state index is 8.75. The molecule has 0 aromatic carbocycles. The molecule has 1 aromatic rings. The Morgan fingerprint density at radius 1 is 1.75 bits per heavy atom. The van der Waals surface area contributed by atoms with Crippen molar-refractivity contribution in [2.24, 2.45) is 0 Å². The van der Waals surface area contributed by atoms with E-state index in [0.29, 0.717) is 11.7 Å². The summed E-state index contributed by atoms with van der Waals surface area (Å²) in [6, 6.07) is 2.11. The van der Waals surface area contributed by atoms with Crippen LogP contribution in [0.5, 0.6) is 0 Å². The van der Waals surface area contributed by atoms with E-state index in [9.17, 15) is 0 Å². The maximum absolute atomic E-state index is 8.75. The van der Waals surface area contributed by atoms with Crippen molar-refractivity contribution >= 4 is 0 Å². The van der Waals surface area contributed by atoms with Gasteiger partial charge >= 0.3 is 0 Å². The van der Waals surface area contributed by atoms with Crippen LogP contribution in [-0.4, -0.2) is 16.8 Å². The zero-order chi connectivity index (χ0) is 8.39. The molecule has 1 aliphatic heterocycles. The largest absolute Gasteiger partial charge is 0.390 e. The SMILES string of the molecule is OCc1cc(C2CCCN2)on1. The van der Waals surface area contributed by atoms with Crippen molar-refractivity contribution in [3.63, 3.8) is 0 Å². The van der Waals surface area contributed by atoms with E-state index in [2.05, 4.69) is 10.5 Å². The summed E-state index contributed by atoms with van der Waals surface area (Å²) in [6.07, 6.45) is 2.28. The summed E-state index contributed by atoms with van der Waals surface area (Å²) in [6.45, 7) is 0.996. The van der Waals surface area contributed by atoms with E-state index >= 15 is 0 Å². The molecule has 0 bridgehead atoms. The Hall–Kier alpha value is -0.870. The first-order chi connectivity index (χ1) is 5.90. The summed E-state index contributed by atoms with van der Waals surface area (Å²) in [7, 11) is 0. The van der Waals surface area contributed by atoms with Crippen LogP contribution in [0.25, 0.3) is 0 Å². The van der Waals surface area contributed by atoms with E-state index in [1.807, 2.05) is 6.07 Å². The summed E-state index contributed by atoms with van der Waals surface area (Å²) in [5, 5.41) is 15.8. The summed E-state index contributed by atoms with van der Waals surface area (Å²) in [5.41, 5.74) is 0.610. The fraction of sp³-hybridized carbons (Fsp3) is 0.625. The predicted molar refractivity (Wildman–Crippen MR) is 42.4 cm³/mol. The van der Waals surface area contributed by atoms with Gasteiger partial charge in [0.1, 0.15) is 5.69 Å². The predicted octanol–water partition coefficient (Wildman–Crippen LogP) is 0.591. The molecule has 0 amide bonds. The van der Waals surface area contributed by atoms with Crippen molar-refractivity contribution in [2.75, 3.05) is 6.54 Å². The lowest BCUT2D eigenvalue weighted by Gasteiger charge is -2.02. The highest BCUT2D eigenvalue weighted by Crippen LogP contribution is 2.23. The molecule has 66 valence electrons. The van der Waals surface area contributed by atoms with Gasteiger partial charge in [0.15, 0.2) is 5.76 Å². The second-order valence-electron chi connectivity index (χ2n) is 3.03. The molecule has 1 fully saturated rings. The number of hydrogen-bond donors (Lipinski definition) is 2. The Kier molecular flexibility index (Phi) is 2.10. The van der Waals surface area contributed by atoms with Crippen molar-refractivity contribution in [3.05, 3.63) is 17.5 Å². The number of aliphatic hydroxyl groups excluding tert-OH is 1. The molecule has 1 atom stereocenters. The number of nitrogens with one attached hydrogen (secondary N) is 1. The molecule has 4 nitrogen and oxygen atoms in total. The van der Waals surface area contributed by atoms with Crippen LogP contribution < -0.4 is 5.32 Å². The Labute approximate surface area is 70.6 Å². The monoisotopic (exact) mass is 168 g/mol. The fourth-order valence-corrected chi connectivity index (χ4v) is 1.49. The minimum Gasteiger partial charge on any atom is -0.390 e. The molecule has 0 spiro atoms. The molecular formula is C8H12N2O2. The highest BCUT2D eigenvalue weighted by Gasteiger charge is 2.20. The fourth-order valence-electron chi connectivity index (χ4n) is 1.49. The first kappa shape index (κ1) is 7.76. The van der Waals surface area contributed by atoms with Crippen LogP contribution >= 0.6 is 0 Å². The number of hydrogen-bond acceptors (Lipinski definition) is 4. The molecule has 1 aliphatic rings. The summed E-state index contributed by atoms with van der Waals surface area (Å²) < 4.78 is 5.07. The van der Waals surface area contributed by atoms with Crippen LogP contribution in [0, 0.1) is 0 Å². The van der Waals surface area contributed by atoms with Gasteiger partial charge in [-0.1, -0.05) is 5.16 Å². The molecule has 12 heavy (non-hydrogen) atoms. The van der Waals surface area contributed by atoms with Gasteiger partial charge in [0.25, 0.3) is 0 Å². The zero-order valence-electron chi connectivity index (χ0n) is 6.79. The Morgan fingerprint density at radius 2 is 2.67 bits per heavy atom. The highest BCUT2D eigenvalue weighted by atomic mass is 16.5. The summed E-state index contributed by atoms with van der Waals surface area (Å²) in [5.74, 6) is 0.844. The molecular weight excluding hydrogens is 156 g/mol. The van der Waals surface area contributed by atoms with Gasteiger partial charge in [-0.2, -0.15) is 0 Å². The van der Waals surface area contributed by atoms with Crippen molar-refractivity contribution in [2.45, 2.75) is 25.5 Å². The van der Waals surface area contributed by atoms with E-state index in [1.165, 1.54) is 6.42 Å². The maximum Gasteiger partial charge on any atom is 0.153 e. The number of aromatic nitrogens is 1. The van der Waals surface area contributed by atoms with Crippen LogP contribution in [0.4, 0.5) is 0 Å². The van der Waals surface area contributed by atoms with E-state index in [1.54, 1.807) is 0 Å². The second-order valence-corrected chi connectivity index (χ2v) is 3.03. The third-order valence-corrected chi connectivity index (χ3v) is 2.14. The summed E-state index contributed by atoms with van der Waals surface area (Å²) >= 11 is 0. The number of nitrogens with zero attached hydrogens (tertiary/aromatic N) is 1. The first-order valence-electron chi connectivity index (χ1n) is 4.20. The van der Waals surface area contributed by atoms with Crippen LogP contribution in [0.2, 0.25) is 0 Å². The van der Waals surface area contributed by atoms with Crippen molar-refractivity contribution in [3.8, 4) is 0 Å². The van der Waals surface area contributed by atoms with Gasteiger partial charge < -0.3 is 14.9 Å². The minimum atomic E-state index is -0.0454. The lowest BCUT2D eigenvalue weighted by molar-refractivity contribution is 0.263. The average Bonchev–Trinajstić information content (AvgIpc) is 2.75. The van der Waals surface area contributed by atoms with Gasteiger partial charge in [-0.15, -0.1) is 0 Å². The molecule has 0 aliphatic carbocycles. The summed E-state index contributed by atoms with van der Waals surface area (Å²) in [4.78, 5) is 0. The van der Waals surface area contributed by atoms with Crippen molar-refractivity contribution in [1.29, 1.82) is 0 Å². The van der Waals surface area contributed by atoms with Gasteiger partial charge in [0.05, 0.1) is 12.6 Å². The number of rotatable bonds is 2. The minimum absolute atomic E-state index is 0.0454. The third-order valence-electron chi connectivity index (χ3n) is 2.14. The molecule has 2 heterocycles. The van der Waals surface area contributed by atoms with Crippen molar-refractivity contribution < 1.29 is 9.63 Å². The quantitative estimate of drug-likeness (QED) is 0.678. The molecule has 2 rings (SSSR count). The smallest absolute Gasteiger partial charge is 0.153 e. The van der Waals surface area contributed by atoms with Gasteiger partial charge in [-0.3, -0.25) is 0 Å². The lowest BCUT2D eigenvalue weighted by atomic mass is 10.2. The Balaban J connectivity index is 2.11. The highest BCUT2D eigenvalue weighted by molar-refractivity contribution is 5.09. The van der Waals surface area contributed by atoms with Crippen LogP contribution in [-0.2, 0) is 6.61 Å². The molecule has 1 unspecified atom stereocenters. The van der Waals surface area contributed by atoms with Gasteiger partial charge in [0, 0.05) is 6.07 Å². The van der Waals surface area contributed by atoms with Gasteiger partial charge in [0.2, 0.25) is 0 Å². The lowest BCUT2D eigenvalue weighted by Crippen LogP contribution is -2.11. The normalized spacial score (nSPS) is 23.2. The van der Waals surface area contributed by atoms with Crippen LogP contribution in [0.15, 0.2) is 10.6 Å². The molecule has 4 heteroatoms. The molecule has 2 N–H and O–H groups in total. The van der Waals surface area contributed by atoms with E-state index < -0.39 is 0 Å². The molecule has 1 aromatic heterocycles. The average molecular weight is 168 g/mol. The molecule has 1 saturated heterocycles. The van der Waals surface area contributed by atoms with E-state index in [-0.39, 0.29) is 6.61 Å². The third kappa shape index (κ3) is 1.35. The van der Waals surface area contributed by atoms with Gasteiger partial charge in [-0.25, -0.2) is 0 Å². The number of aliphatic hydroxyl groups is 1. The van der Waals surface area contributed by atoms with Crippen LogP contribution in [0.1, 0.15) is 30.3 Å². The second kappa shape index (κ2) is 3.25. The Bertz CT molecular complexity index is 253. The first-order valence-corrected chi connectivity index (χ1v) is 4.20. The Morgan fingerprint density at radius 3 is 3.25 bits per heavy atom.